The van der Waals surface area contributed by atoms with Gasteiger partial charge in [-0.05, 0) is 63.4 Å². The van der Waals surface area contributed by atoms with E-state index in [1.54, 1.807) is 0 Å². The molecule has 6 heteroatoms. The van der Waals surface area contributed by atoms with Gasteiger partial charge in [0.1, 0.15) is 6.10 Å². The van der Waals surface area contributed by atoms with E-state index in [9.17, 15) is 0 Å². The molecule has 2 aliphatic rings. The van der Waals surface area contributed by atoms with Crippen LogP contribution in [0.25, 0.3) is 0 Å². The van der Waals surface area contributed by atoms with Crippen molar-refractivity contribution in [3.63, 3.8) is 0 Å². The van der Waals surface area contributed by atoms with Crippen LogP contribution in [0.15, 0.2) is 36.7 Å². The van der Waals surface area contributed by atoms with Gasteiger partial charge in [0.05, 0.1) is 17.8 Å². The molecule has 2 aromatic rings. The Bertz CT molecular complexity index is 817. The smallest absolute Gasteiger partial charge is 0.101 e. The number of hydrogen-bond donors (Lipinski definition) is 1. The summed E-state index contributed by atoms with van der Waals surface area (Å²) in [6, 6.07) is 11.1. The minimum absolute atomic E-state index is 0.112. The minimum Gasteiger partial charge on any atom is -0.372 e. The molecule has 1 N–H and O–H groups in total. The highest BCUT2D eigenvalue weighted by atomic mass is 16.5. The van der Waals surface area contributed by atoms with Gasteiger partial charge in [0.15, 0.2) is 0 Å². The van der Waals surface area contributed by atoms with E-state index in [4.69, 9.17) is 10.00 Å². The van der Waals surface area contributed by atoms with E-state index in [1.807, 2.05) is 23.0 Å². The summed E-state index contributed by atoms with van der Waals surface area (Å²) in [5.41, 5.74) is 3.21. The Morgan fingerprint density at radius 1 is 1.21 bits per heavy atom. The van der Waals surface area contributed by atoms with Crippen molar-refractivity contribution in [3.05, 3.63) is 53.3 Å². The predicted molar refractivity (Wildman–Crippen MR) is 112 cm³/mol. The zero-order valence-corrected chi connectivity index (χ0v) is 17.3. The quantitative estimate of drug-likeness (QED) is 0.816. The molecular formula is C23H31N5O. The molecule has 0 amide bonds. The maximum atomic E-state index is 8.94. The second-order valence-electron chi connectivity index (χ2n) is 8.20. The van der Waals surface area contributed by atoms with Gasteiger partial charge in [0, 0.05) is 43.5 Å². The zero-order chi connectivity index (χ0) is 20.1. The average Bonchev–Trinajstić information content (AvgIpc) is 3.25. The second-order valence-corrected chi connectivity index (χ2v) is 8.20. The van der Waals surface area contributed by atoms with Gasteiger partial charge in [0.25, 0.3) is 0 Å². The lowest BCUT2D eigenvalue weighted by atomic mass is 9.95. The number of nitriles is 1. The molecule has 3 heterocycles. The first-order chi connectivity index (χ1) is 14.2. The fourth-order valence-electron chi connectivity index (χ4n) is 4.48. The number of benzene rings is 1. The monoisotopic (exact) mass is 393 g/mol. The average molecular weight is 394 g/mol. The molecule has 1 aromatic heterocycles. The Hall–Kier alpha value is -2.20. The number of nitrogens with one attached hydrogen (secondary N) is 1. The van der Waals surface area contributed by atoms with Crippen molar-refractivity contribution in [2.75, 3.05) is 19.7 Å². The van der Waals surface area contributed by atoms with E-state index < -0.39 is 0 Å². The van der Waals surface area contributed by atoms with Crippen molar-refractivity contribution in [1.82, 2.24) is 20.0 Å². The molecule has 2 fully saturated rings. The maximum Gasteiger partial charge on any atom is 0.101 e. The summed E-state index contributed by atoms with van der Waals surface area (Å²) in [4.78, 5) is 2.51. The number of ether oxygens (including phenoxy) is 1. The molecule has 29 heavy (non-hydrogen) atoms. The lowest BCUT2D eigenvalue weighted by Crippen LogP contribution is -2.49. The lowest BCUT2D eigenvalue weighted by Gasteiger charge is -2.38. The molecule has 2 aliphatic heterocycles. The molecule has 154 valence electrons. The summed E-state index contributed by atoms with van der Waals surface area (Å²) >= 11 is 0. The van der Waals surface area contributed by atoms with Crippen LogP contribution in [0.5, 0.6) is 0 Å². The summed E-state index contributed by atoms with van der Waals surface area (Å²) < 4.78 is 8.12. The normalized spacial score (nSPS) is 23.7. The molecule has 0 bridgehead atoms. The molecule has 0 aliphatic carbocycles. The van der Waals surface area contributed by atoms with Crippen molar-refractivity contribution in [2.24, 2.45) is 0 Å². The van der Waals surface area contributed by atoms with E-state index in [0.717, 1.165) is 64.0 Å². The molecule has 4 rings (SSSR count). The molecule has 1 aromatic carbocycles. The van der Waals surface area contributed by atoms with Crippen molar-refractivity contribution >= 4 is 0 Å². The Balaban J connectivity index is 1.29. The third kappa shape index (κ3) is 5.05. The molecule has 0 radical (unpaired) electrons. The topological polar surface area (TPSA) is 66.1 Å². The van der Waals surface area contributed by atoms with E-state index in [-0.39, 0.29) is 6.10 Å². The summed E-state index contributed by atoms with van der Waals surface area (Å²) in [6.07, 6.45) is 8.81. The molecule has 2 saturated heterocycles. The van der Waals surface area contributed by atoms with Crippen molar-refractivity contribution in [2.45, 2.75) is 63.9 Å². The van der Waals surface area contributed by atoms with E-state index in [2.05, 4.69) is 46.6 Å². The fraction of sp³-hybridized carbons (Fsp3) is 0.565. The maximum absolute atomic E-state index is 8.94. The van der Waals surface area contributed by atoms with Gasteiger partial charge in [-0.2, -0.15) is 10.4 Å². The van der Waals surface area contributed by atoms with Crippen LogP contribution in [0.2, 0.25) is 0 Å². The summed E-state index contributed by atoms with van der Waals surface area (Å²) in [6.45, 7) is 7.00. The molecule has 6 nitrogen and oxygen atoms in total. The molecule has 0 unspecified atom stereocenters. The van der Waals surface area contributed by atoms with E-state index >= 15 is 0 Å². The van der Waals surface area contributed by atoms with Gasteiger partial charge in [0.2, 0.25) is 0 Å². The highest BCUT2D eigenvalue weighted by Crippen LogP contribution is 2.29. The zero-order valence-electron chi connectivity index (χ0n) is 17.3. The Labute approximate surface area is 173 Å². The SMILES string of the molecule is CCn1cc([C@H]2OCCC[C@@H]2NC2CCN(Cc3ccc(C#N)cc3)CC2)cn1. The summed E-state index contributed by atoms with van der Waals surface area (Å²) in [7, 11) is 0. The second kappa shape index (κ2) is 9.53. The fourth-order valence-corrected chi connectivity index (χ4v) is 4.48. The van der Waals surface area contributed by atoms with Crippen LogP contribution in [-0.2, 0) is 17.8 Å². The van der Waals surface area contributed by atoms with Gasteiger partial charge in [-0.1, -0.05) is 12.1 Å². The van der Waals surface area contributed by atoms with Crippen LogP contribution in [0.3, 0.4) is 0 Å². The lowest BCUT2D eigenvalue weighted by molar-refractivity contribution is -0.0163. The summed E-state index contributed by atoms with van der Waals surface area (Å²) in [5, 5.41) is 17.3. The third-order valence-corrected chi connectivity index (χ3v) is 6.15. The van der Waals surface area contributed by atoms with Gasteiger partial charge in [-0.25, -0.2) is 0 Å². The van der Waals surface area contributed by atoms with Crippen molar-refractivity contribution in [3.8, 4) is 6.07 Å². The minimum atomic E-state index is 0.112. The number of aromatic nitrogens is 2. The standard InChI is InChI=1S/C23H31N5O/c1-2-28-17-20(15-25-28)23-22(4-3-13-29-23)26-21-9-11-27(12-10-21)16-19-7-5-18(14-24)6-8-19/h5-8,15,17,21-23,26H,2-4,9-13,16H2,1H3/t22-,23+/m0/s1. The van der Waals surface area contributed by atoms with Crippen LogP contribution < -0.4 is 5.32 Å². The van der Waals surface area contributed by atoms with Crippen LogP contribution in [0.1, 0.15) is 55.4 Å². The molecular weight excluding hydrogens is 362 g/mol. The first kappa shape index (κ1) is 20.1. The largest absolute Gasteiger partial charge is 0.372 e. The van der Waals surface area contributed by atoms with Crippen LogP contribution in [-0.4, -0.2) is 46.5 Å². The van der Waals surface area contributed by atoms with Gasteiger partial charge < -0.3 is 10.1 Å². The number of hydrogen-bond acceptors (Lipinski definition) is 5. The predicted octanol–water partition coefficient (Wildman–Crippen LogP) is 3.25. The van der Waals surface area contributed by atoms with Gasteiger partial charge in [-0.15, -0.1) is 0 Å². The summed E-state index contributed by atoms with van der Waals surface area (Å²) in [5.74, 6) is 0. The molecule has 0 saturated carbocycles. The van der Waals surface area contributed by atoms with Crippen LogP contribution in [0, 0.1) is 11.3 Å². The number of likely N-dealkylation sites (tertiary alicyclic amines) is 1. The van der Waals surface area contributed by atoms with Crippen LogP contribution in [0.4, 0.5) is 0 Å². The number of aryl methyl sites for hydroxylation is 1. The highest BCUT2D eigenvalue weighted by molar-refractivity contribution is 5.31. The first-order valence-corrected chi connectivity index (χ1v) is 10.9. The molecule has 2 atom stereocenters. The Morgan fingerprint density at radius 3 is 2.69 bits per heavy atom. The van der Waals surface area contributed by atoms with Crippen molar-refractivity contribution in [1.29, 1.82) is 5.26 Å². The first-order valence-electron chi connectivity index (χ1n) is 10.9. The van der Waals surface area contributed by atoms with Crippen LogP contribution >= 0.6 is 0 Å². The Morgan fingerprint density at radius 2 is 2.00 bits per heavy atom. The third-order valence-electron chi connectivity index (χ3n) is 6.15. The van der Waals surface area contributed by atoms with E-state index in [0.29, 0.717) is 12.1 Å². The highest BCUT2D eigenvalue weighted by Gasteiger charge is 2.31. The number of rotatable bonds is 6. The molecule has 0 spiro atoms. The van der Waals surface area contributed by atoms with Gasteiger partial charge in [-0.3, -0.25) is 9.58 Å². The van der Waals surface area contributed by atoms with Gasteiger partial charge >= 0.3 is 0 Å². The number of nitrogens with zero attached hydrogens (tertiary/aromatic N) is 4. The van der Waals surface area contributed by atoms with E-state index in [1.165, 1.54) is 11.1 Å². The van der Waals surface area contributed by atoms with Crippen molar-refractivity contribution < 1.29 is 4.74 Å². The Kier molecular flexibility index (Phi) is 6.60. The number of piperidine rings is 1.